The molecule has 0 N–H and O–H groups in total. The summed E-state index contributed by atoms with van der Waals surface area (Å²) in [6.45, 7) is 0. The van der Waals surface area contributed by atoms with Gasteiger partial charge < -0.3 is 9.47 Å². The third-order valence-corrected chi connectivity index (χ3v) is 6.17. The highest BCUT2D eigenvalue weighted by molar-refractivity contribution is 6.24. The molecule has 148 valence electrons. The van der Waals surface area contributed by atoms with Crippen molar-refractivity contribution >= 4 is 49.6 Å². The summed E-state index contributed by atoms with van der Waals surface area (Å²) in [4.78, 5) is 2.36. The van der Waals surface area contributed by atoms with Crippen LogP contribution in [0.5, 0.6) is 0 Å². The minimum Gasteiger partial charge on any atom is -0.344 e. The summed E-state index contributed by atoms with van der Waals surface area (Å²) in [6.07, 6.45) is 0. The molecule has 0 aliphatic carbocycles. The van der Waals surface area contributed by atoms with E-state index in [9.17, 15) is 0 Å². The summed E-state index contributed by atoms with van der Waals surface area (Å²) in [7, 11) is 2.17. The largest absolute Gasteiger partial charge is 0.344 e. The lowest BCUT2D eigenvalue weighted by atomic mass is 10.0. The summed E-state index contributed by atoms with van der Waals surface area (Å²) in [5.41, 5.74) is 5.98. The molecule has 0 radical (unpaired) electrons. The normalized spacial score (nSPS) is 11.4. The molecule has 2 heteroatoms. The van der Waals surface area contributed by atoms with Crippen molar-refractivity contribution in [2.45, 2.75) is 0 Å². The van der Waals surface area contributed by atoms with Gasteiger partial charge in [-0.25, -0.2) is 0 Å². The molecule has 0 saturated heterocycles. The highest BCUT2D eigenvalue weighted by atomic mass is 15.1. The number of aryl methyl sites for hydroxylation is 1. The van der Waals surface area contributed by atoms with Gasteiger partial charge in [0, 0.05) is 34.7 Å². The predicted molar refractivity (Wildman–Crippen MR) is 133 cm³/mol. The van der Waals surface area contributed by atoms with E-state index in [0.29, 0.717) is 0 Å². The Bertz CT molecular complexity index is 1490. The molecule has 5 aromatic carbocycles. The number of rotatable bonds is 3. The number of para-hydroxylation sites is 2. The van der Waals surface area contributed by atoms with Gasteiger partial charge >= 0.3 is 0 Å². The average molecular weight is 399 g/mol. The van der Waals surface area contributed by atoms with Gasteiger partial charge in [0.2, 0.25) is 0 Å². The first-order valence-corrected chi connectivity index (χ1v) is 10.6. The third-order valence-electron chi connectivity index (χ3n) is 6.17. The minimum absolute atomic E-state index is 1.15. The molecule has 0 bridgehead atoms. The summed E-state index contributed by atoms with van der Waals surface area (Å²) in [5, 5.41) is 5.15. The molecule has 0 saturated carbocycles. The fourth-order valence-corrected chi connectivity index (χ4v) is 4.76. The van der Waals surface area contributed by atoms with Crippen molar-refractivity contribution in [1.82, 2.24) is 4.57 Å². The number of nitrogens with zero attached hydrogens (tertiary/aromatic N) is 2. The molecule has 0 unspecified atom stereocenters. The molecule has 0 aliphatic heterocycles. The molecule has 6 aromatic rings. The van der Waals surface area contributed by atoms with Gasteiger partial charge in [-0.2, -0.15) is 0 Å². The number of hydrogen-bond donors (Lipinski definition) is 0. The van der Waals surface area contributed by atoms with E-state index in [1.54, 1.807) is 0 Å². The van der Waals surface area contributed by atoms with Crippen molar-refractivity contribution in [1.29, 1.82) is 0 Å². The fourth-order valence-electron chi connectivity index (χ4n) is 4.76. The highest BCUT2D eigenvalue weighted by Gasteiger charge is 2.20. The number of aromatic nitrogens is 1. The Labute approximate surface area is 181 Å². The van der Waals surface area contributed by atoms with Crippen LogP contribution in [0.2, 0.25) is 0 Å². The lowest BCUT2D eigenvalue weighted by molar-refractivity contribution is 1.01. The Kier molecular flexibility index (Phi) is 4.03. The van der Waals surface area contributed by atoms with Crippen LogP contribution in [0.1, 0.15) is 0 Å². The molecule has 1 heterocycles. The number of fused-ring (bicyclic) bond motifs is 5. The van der Waals surface area contributed by atoms with Crippen LogP contribution in [0.15, 0.2) is 115 Å². The first-order chi connectivity index (χ1) is 15.3. The third kappa shape index (κ3) is 2.72. The molecular formula is C29H22N2. The number of anilines is 3. The summed E-state index contributed by atoms with van der Waals surface area (Å²) in [5.74, 6) is 0. The van der Waals surface area contributed by atoms with Gasteiger partial charge in [-0.1, -0.05) is 72.8 Å². The zero-order valence-electron chi connectivity index (χ0n) is 17.4. The summed E-state index contributed by atoms with van der Waals surface area (Å²) in [6, 6.07) is 41.0. The van der Waals surface area contributed by atoms with Crippen LogP contribution in [0.4, 0.5) is 17.1 Å². The lowest BCUT2D eigenvalue weighted by Crippen LogP contribution is -2.10. The Morgan fingerprint density at radius 2 is 1.13 bits per heavy atom. The van der Waals surface area contributed by atoms with Gasteiger partial charge in [-0.3, -0.25) is 0 Å². The second-order valence-corrected chi connectivity index (χ2v) is 7.92. The maximum absolute atomic E-state index is 2.36. The Balaban J connectivity index is 1.78. The van der Waals surface area contributed by atoms with Crippen molar-refractivity contribution in [3.05, 3.63) is 115 Å². The molecule has 6 rings (SSSR count). The van der Waals surface area contributed by atoms with E-state index in [-0.39, 0.29) is 0 Å². The second-order valence-electron chi connectivity index (χ2n) is 7.92. The lowest BCUT2D eigenvalue weighted by Gasteiger charge is -2.26. The summed E-state index contributed by atoms with van der Waals surface area (Å²) < 4.78 is 2.31. The molecule has 0 fully saturated rings. The van der Waals surface area contributed by atoms with E-state index in [1.165, 1.54) is 38.3 Å². The zero-order valence-corrected chi connectivity index (χ0v) is 17.4. The van der Waals surface area contributed by atoms with E-state index >= 15 is 0 Å². The topological polar surface area (TPSA) is 8.17 Å². The standard InChI is InChI=1S/C29H22N2/c1-30-25-17-10-18-27(29(25)28-24-16-9-8-11-21(24)19-20-26(28)30)31(22-12-4-2-5-13-22)23-14-6-3-7-15-23/h2-20H,1H3. The summed E-state index contributed by atoms with van der Waals surface area (Å²) >= 11 is 0. The molecule has 0 spiro atoms. The van der Waals surface area contributed by atoms with E-state index in [0.717, 1.165) is 11.4 Å². The smallest absolute Gasteiger partial charge is 0.0562 e. The molecule has 0 amide bonds. The Morgan fingerprint density at radius 1 is 0.516 bits per heavy atom. The van der Waals surface area contributed by atoms with Crippen LogP contribution in [0, 0.1) is 0 Å². The van der Waals surface area contributed by atoms with Gasteiger partial charge in [0.15, 0.2) is 0 Å². The predicted octanol–water partition coefficient (Wildman–Crippen LogP) is 7.95. The van der Waals surface area contributed by atoms with Gasteiger partial charge in [-0.15, -0.1) is 0 Å². The quantitative estimate of drug-likeness (QED) is 0.293. The van der Waals surface area contributed by atoms with Crippen molar-refractivity contribution in [2.75, 3.05) is 4.90 Å². The fraction of sp³-hybridized carbons (Fsp3) is 0.0345. The van der Waals surface area contributed by atoms with E-state index in [1.807, 2.05) is 0 Å². The van der Waals surface area contributed by atoms with Gasteiger partial charge in [0.1, 0.15) is 0 Å². The van der Waals surface area contributed by atoms with Crippen molar-refractivity contribution in [3.63, 3.8) is 0 Å². The van der Waals surface area contributed by atoms with E-state index in [2.05, 4.69) is 132 Å². The second kappa shape index (κ2) is 7.03. The zero-order chi connectivity index (χ0) is 20.8. The number of hydrogen-bond acceptors (Lipinski definition) is 1. The van der Waals surface area contributed by atoms with Crippen LogP contribution in [0.3, 0.4) is 0 Å². The Morgan fingerprint density at radius 3 is 1.84 bits per heavy atom. The molecule has 1 aromatic heterocycles. The SMILES string of the molecule is Cn1c2cccc(N(c3ccccc3)c3ccccc3)c2c2c3ccccc3ccc21. The molecule has 0 atom stereocenters. The van der Waals surface area contributed by atoms with Crippen molar-refractivity contribution in [2.24, 2.45) is 7.05 Å². The first kappa shape index (κ1) is 17.8. The van der Waals surface area contributed by atoms with Crippen molar-refractivity contribution in [3.8, 4) is 0 Å². The minimum atomic E-state index is 1.15. The van der Waals surface area contributed by atoms with Gasteiger partial charge in [0.25, 0.3) is 0 Å². The van der Waals surface area contributed by atoms with E-state index in [4.69, 9.17) is 0 Å². The van der Waals surface area contributed by atoms with Gasteiger partial charge in [-0.05, 0) is 53.2 Å². The van der Waals surface area contributed by atoms with Crippen molar-refractivity contribution < 1.29 is 0 Å². The Hall–Kier alpha value is -4.04. The van der Waals surface area contributed by atoms with Gasteiger partial charge in [0.05, 0.1) is 11.2 Å². The molecule has 0 aliphatic rings. The van der Waals surface area contributed by atoms with Crippen LogP contribution < -0.4 is 4.90 Å². The van der Waals surface area contributed by atoms with Crippen LogP contribution >= 0.6 is 0 Å². The molecule has 2 nitrogen and oxygen atoms in total. The van der Waals surface area contributed by atoms with Crippen LogP contribution in [0.25, 0.3) is 32.6 Å². The number of benzene rings is 5. The van der Waals surface area contributed by atoms with Crippen LogP contribution in [-0.2, 0) is 7.05 Å². The highest BCUT2D eigenvalue weighted by Crippen LogP contribution is 2.44. The maximum atomic E-state index is 2.36. The monoisotopic (exact) mass is 398 g/mol. The first-order valence-electron chi connectivity index (χ1n) is 10.6. The average Bonchev–Trinajstić information content (AvgIpc) is 3.14. The maximum Gasteiger partial charge on any atom is 0.0562 e. The molecule has 31 heavy (non-hydrogen) atoms. The molecular weight excluding hydrogens is 376 g/mol. The van der Waals surface area contributed by atoms with E-state index < -0.39 is 0 Å². The van der Waals surface area contributed by atoms with Crippen LogP contribution in [-0.4, -0.2) is 4.57 Å².